The predicted molar refractivity (Wildman–Crippen MR) is 39.2 cm³/mol. The molecule has 0 radical (unpaired) electrons. The lowest BCUT2D eigenvalue weighted by Crippen LogP contribution is -1.75. The van der Waals surface area contributed by atoms with Gasteiger partial charge in [-0.25, -0.2) is 0 Å². The van der Waals surface area contributed by atoms with Crippen LogP contribution in [0.2, 0.25) is 0 Å². The van der Waals surface area contributed by atoms with Crippen LogP contribution in [0.15, 0.2) is 17.9 Å². The van der Waals surface area contributed by atoms with Crippen molar-refractivity contribution >= 4 is 0 Å². The van der Waals surface area contributed by atoms with Crippen molar-refractivity contribution in [2.45, 2.75) is 20.3 Å². The van der Waals surface area contributed by atoms with Crippen LogP contribution in [0, 0.1) is 5.92 Å². The second-order valence-electron chi connectivity index (χ2n) is 2.29. The first-order chi connectivity index (χ1) is 4.27. The molecular formula is C8H14O. The lowest BCUT2D eigenvalue weighted by atomic mass is 10.2. The van der Waals surface area contributed by atoms with Crippen LogP contribution in [0.4, 0.5) is 0 Å². The van der Waals surface area contributed by atoms with Gasteiger partial charge in [-0.15, -0.1) is 5.73 Å². The lowest BCUT2D eigenvalue weighted by molar-refractivity contribution is 0.302. The van der Waals surface area contributed by atoms with Crippen molar-refractivity contribution in [3.8, 4) is 0 Å². The highest BCUT2D eigenvalue weighted by Gasteiger charge is 1.78. The van der Waals surface area contributed by atoms with E-state index in [9.17, 15) is 0 Å². The van der Waals surface area contributed by atoms with Gasteiger partial charge in [0.15, 0.2) is 0 Å². The first-order valence-corrected chi connectivity index (χ1v) is 3.29. The number of hydrogen-bond donors (Lipinski definition) is 1. The molecule has 0 heterocycles. The van der Waals surface area contributed by atoms with Crippen molar-refractivity contribution in [2.75, 3.05) is 6.61 Å². The van der Waals surface area contributed by atoms with Gasteiger partial charge >= 0.3 is 0 Å². The minimum Gasteiger partial charge on any atom is -0.396 e. The molecule has 9 heavy (non-hydrogen) atoms. The van der Waals surface area contributed by atoms with Crippen LogP contribution in [0.5, 0.6) is 0 Å². The fourth-order valence-corrected chi connectivity index (χ4v) is 0.408. The molecule has 0 bridgehead atoms. The molecule has 1 N–H and O–H groups in total. The fraction of sp³-hybridized carbons (Fsp3) is 0.625. The zero-order valence-corrected chi connectivity index (χ0v) is 6.09. The van der Waals surface area contributed by atoms with Crippen molar-refractivity contribution in [3.63, 3.8) is 0 Å². The van der Waals surface area contributed by atoms with Crippen LogP contribution in [-0.2, 0) is 0 Å². The van der Waals surface area contributed by atoms with Crippen molar-refractivity contribution in [3.05, 3.63) is 17.9 Å². The summed E-state index contributed by atoms with van der Waals surface area (Å²) in [5.74, 6) is 0.556. The topological polar surface area (TPSA) is 20.2 Å². The molecule has 0 amide bonds. The van der Waals surface area contributed by atoms with E-state index in [1.807, 2.05) is 12.2 Å². The van der Waals surface area contributed by atoms with E-state index in [0.29, 0.717) is 12.3 Å². The van der Waals surface area contributed by atoms with Crippen molar-refractivity contribution < 1.29 is 5.11 Å². The third kappa shape index (κ3) is 7.48. The molecule has 0 aromatic rings. The van der Waals surface area contributed by atoms with Crippen LogP contribution in [-0.4, -0.2) is 11.7 Å². The Morgan fingerprint density at radius 1 is 1.56 bits per heavy atom. The number of rotatable bonds is 3. The summed E-state index contributed by atoms with van der Waals surface area (Å²) < 4.78 is 0. The lowest BCUT2D eigenvalue weighted by Gasteiger charge is -1.86. The fourth-order valence-electron chi connectivity index (χ4n) is 0.408. The van der Waals surface area contributed by atoms with E-state index in [4.69, 9.17) is 5.11 Å². The molecule has 1 heteroatoms. The van der Waals surface area contributed by atoms with E-state index < -0.39 is 0 Å². The monoisotopic (exact) mass is 126 g/mol. The van der Waals surface area contributed by atoms with E-state index in [1.165, 1.54) is 0 Å². The predicted octanol–water partition coefficient (Wildman–Crippen LogP) is 1.74. The highest BCUT2D eigenvalue weighted by Crippen LogP contribution is 1.90. The highest BCUT2D eigenvalue weighted by molar-refractivity contribution is 4.86. The summed E-state index contributed by atoms with van der Waals surface area (Å²) >= 11 is 0. The summed E-state index contributed by atoms with van der Waals surface area (Å²) in [6, 6.07) is 0. The van der Waals surface area contributed by atoms with Gasteiger partial charge in [-0.2, -0.15) is 0 Å². The summed E-state index contributed by atoms with van der Waals surface area (Å²) in [6.07, 6.45) is 4.54. The minimum absolute atomic E-state index is 0.221. The van der Waals surface area contributed by atoms with Gasteiger partial charge in [-0.05, 0) is 24.5 Å². The SMILES string of the molecule is CC(C)C=C=CCCO. The first kappa shape index (κ1) is 8.48. The van der Waals surface area contributed by atoms with Gasteiger partial charge in [-0.3, -0.25) is 0 Å². The van der Waals surface area contributed by atoms with E-state index in [1.54, 1.807) is 0 Å². The molecule has 52 valence electrons. The summed E-state index contributed by atoms with van der Waals surface area (Å²) in [4.78, 5) is 0. The Bertz CT molecular complexity index is 108. The maximum atomic E-state index is 8.35. The maximum Gasteiger partial charge on any atom is 0.0471 e. The quantitative estimate of drug-likeness (QED) is 0.571. The molecule has 0 atom stereocenters. The summed E-state index contributed by atoms with van der Waals surface area (Å²) in [6.45, 7) is 4.42. The summed E-state index contributed by atoms with van der Waals surface area (Å²) in [5, 5.41) is 8.35. The Labute approximate surface area is 56.7 Å². The zero-order chi connectivity index (χ0) is 7.11. The number of aliphatic hydroxyl groups excluding tert-OH is 1. The largest absolute Gasteiger partial charge is 0.396 e. The molecule has 0 unspecified atom stereocenters. The average Bonchev–Trinajstić information content (AvgIpc) is 1.80. The standard InChI is InChI=1S/C8H14O/c1-8(2)6-4-3-5-7-9/h3,6,8-9H,5,7H2,1-2H3. The van der Waals surface area contributed by atoms with Gasteiger partial charge in [0.2, 0.25) is 0 Å². The average molecular weight is 126 g/mol. The molecule has 0 aromatic carbocycles. The van der Waals surface area contributed by atoms with Crippen molar-refractivity contribution in [1.82, 2.24) is 0 Å². The van der Waals surface area contributed by atoms with Crippen LogP contribution >= 0.6 is 0 Å². The van der Waals surface area contributed by atoms with Gasteiger partial charge in [0, 0.05) is 6.61 Å². The second-order valence-corrected chi connectivity index (χ2v) is 2.29. The second kappa shape index (κ2) is 5.61. The molecule has 0 rings (SSSR count). The van der Waals surface area contributed by atoms with E-state index in [0.717, 1.165) is 0 Å². The molecule has 0 aliphatic heterocycles. The van der Waals surface area contributed by atoms with Crippen molar-refractivity contribution in [1.29, 1.82) is 0 Å². The molecule has 0 aliphatic rings. The van der Waals surface area contributed by atoms with Crippen LogP contribution in [0.1, 0.15) is 20.3 Å². The highest BCUT2D eigenvalue weighted by atomic mass is 16.2. The molecule has 0 saturated carbocycles. The Hall–Kier alpha value is -0.520. The molecule has 0 saturated heterocycles. The first-order valence-electron chi connectivity index (χ1n) is 3.29. The Morgan fingerprint density at radius 3 is 2.67 bits per heavy atom. The minimum atomic E-state index is 0.221. The van der Waals surface area contributed by atoms with Crippen molar-refractivity contribution in [2.24, 2.45) is 5.92 Å². The maximum absolute atomic E-state index is 8.35. The molecule has 1 nitrogen and oxygen atoms in total. The zero-order valence-electron chi connectivity index (χ0n) is 6.09. The van der Waals surface area contributed by atoms with Crippen LogP contribution in [0.3, 0.4) is 0 Å². The van der Waals surface area contributed by atoms with Gasteiger partial charge in [0.1, 0.15) is 0 Å². The normalized spacial score (nSPS) is 8.89. The Morgan fingerprint density at radius 2 is 2.22 bits per heavy atom. The Kier molecular flexibility index (Phi) is 5.29. The summed E-state index contributed by atoms with van der Waals surface area (Å²) in [7, 11) is 0. The van der Waals surface area contributed by atoms with E-state index in [-0.39, 0.29) is 6.61 Å². The summed E-state index contributed by atoms with van der Waals surface area (Å²) in [5.41, 5.74) is 2.98. The molecule has 0 aliphatic carbocycles. The van der Waals surface area contributed by atoms with E-state index in [2.05, 4.69) is 19.6 Å². The molecular weight excluding hydrogens is 112 g/mol. The van der Waals surface area contributed by atoms with E-state index >= 15 is 0 Å². The third-order valence-corrected chi connectivity index (χ3v) is 0.821. The third-order valence-electron chi connectivity index (χ3n) is 0.821. The molecule has 0 aromatic heterocycles. The van der Waals surface area contributed by atoms with Crippen LogP contribution in [0.25, 0.3) is 0 Å². The van der Waals surface area contributed by atoms with Crippen LogP contribution < -0.4 is 0 Å². The van der Waals surface area contributed by atoms with Gasteiger partial charge < -0.3 is 5.11 Å². The molecule has 0 spiro atoms. The smallest absolute Gasteiger partial charge is 0.0471 e. The Balaban J connectivity index is 3.41. The van der Waals surface area contributed by atoms with Gasteiger partial charge in [0.05, 0.1) is 0 Å². The molecule has 0 fully saturated rings. The van der Waals surface area contributed by atoms with Gasteiger partial charge in [0.25, 0.3) is 0 Å². The number of hydrogen-bond acceptors (Lipinski definition) is 1. The number of aliphatic hydroxyl groups is 1. The van der Waals surface area contributed by atoms with Gasteiger partial charge in [-0.1, -0.05) is 13.8 Å².